The van der Waals surface area contributed by atoms with Crippen LogP contribution in [0.25, 0.3) is 22.3 Å². The number of rotatable bonds is 7. The molecular weight excluding hydrogens is 650 g/mol. The van der Waals surface area contributed by atoms with Gasteiger partial charge in [0.2, 0.25) is 0 Å². The van der Waals surface area contributed by atoms with Gasteiger partial charge in [0.05, 0.1) is 31.8 Å². The van der Waals surface area contributed by atoms with Crippen LogP contribution in [0.3, 0.4) is 0 Å². The molecule has 7 nitrogen and oxygen atoms in total. The van der Waals surface area contributed by atoms with Gasteiger partial charge in [-0.25, -0.2) is 9.78 Å². The molecule has 0 fully saturated rings. The lowest BCUT2D eigenvalue weighted by molar-refractivity contribution is -0.137. The van der Waals surface area contributed by atoms with Crippen molar-refractivity contribution in [1.29, 1.82) is 0 Å². The number of alkyl halides is 3. The minimum absolute atomic E-state index is 0.0281. The van der Waals surface area contributed by atoms with Gasteiger partial charge < -0.3 is 9.84 Å². The fourth-order valence-corrected chi connectivity index (χ4v) is 4.69. The second-order valence-corrected chi connectivity index (χ2v) is 10.0. The molecule has 0 bridgehead atoms. The van der Waals surface area contributed by atoms with E-state index >= 15 is 0 Å². The number of carboxylic acid groups (broad SMARTS) is 1. The zero-order chi connectivity index (χ0) is 29.1. The van der Waals surface area contributed by atoms with Gasteiger partial charge in [0.25, 0.3) is 5.56 Å². The van der Waals surface area contributed by atoms with E-state index < -0.39 is 23.3 Å². The van der Waals surface area contributed by atoms with E-state index in [1.54, 1.807) is 54.6 Å². The lowest BCUT2D eigenvalue weighted by atomic mass is 10.1. The Kier molecular flexibility index (Phi) is 7.88. The molecule has 0 aliphatic carbocycles. The van der Waals surface area contributed by atoms with Gasteiger partial charge in [-0.1, -0.05) is 36.4 Å². The molecule has 1 heterocycles. The van der Waals surface area contributed by atoms with Crippen LogP contribution in [0.1, 0.15) is 27.0 Å². The Hall–Kier alpha value is -4.52. The number of aromatic nitrogens is 2. The summed E-state index contributed by atoms with van der Waals surface area (Å²) >= 11 is 2.09. The van der Waals surface area contributed by atoms with Crippen molar-refractivity contribution in [2.75, 3.05) is 0 Å². The molecule has 0 spiro atoms. The standard InChI is InChI=1S/C30H19F3IN3O4/c31-30(32,33)22-5-3-4-21(15-22)27-36-25-7-2-1-6-23(25)28(38)37(27)35-16-19-10-13-26(24(34)14-19)41-17-18-8-11-20(12-9-18)29(39)40/h1-16H,17H2,(H,39,40). The monoisotopic (exact) mass is 669 g/mol. The number of nitrogens with zero attached hydrogens (tertiary/aromatic N) is 3. The van der Waals surface area contributed by atoms with Crippen molar-refractivity contribution >= 4 is 45.7 Å². The second kappa shape index (κ2) is 11.5. The molecule has 0 radical (unpaired) electrons. The molecule has 11 heteroatoms. The van der Waals surface area contributed by atoms with Crippen LogP contribution in [-0.4, -0.2) is 27.0 Å². The van der Waals surface area contributed by atoms with E-state index in [-0.39, 0.29) is 28.9 Å². The maximum Gasteiger partial charge on any atom is 0.416 e. The first-order chi connectivity index (χ1) is 19.6. The van der Waals surface area contributed by atoms with Gasteiger partial charge in [0.1, 0.15) is 12.4 Å². The SMILES string of the molecule is O=C(O)c1ccc(COc2ccc(C=Nn3c(-c4cccc(C(F)(F)F)c4)nc4ccccc4c3=O)cc2I)cc1. The lowest BCUT2D eigenvalue weighted by Gasteiger charge is -2.12. The second-order valence-electron chi connectivity index (χ2n) is 8.87. The molecule has 0 aliphatic heterocycles. The summed E-state index contributed by atoms with van der Waals surface area (Å²) in [4.78, 5) is 28.8. The van der Waals surface area contributed by atoms with Gasteiger partial charge >= 0.3 is 12.1 Å². The molecule has 4 aromatic carbocycles. The maximum atomic E-state index is 13.4. The van der Waals surface area contributed by atoms with E-state index in [1.807, 2.05) is 0 Å². The fraction of sp³-hybridized carbons (Fsp3) is 0.0667. The minimum atomic E-state index is -4.57. The Morgan fingerprint density at radius 1 is 1.00 bits per heavy atom. The molecular formula is C30H19F3IN3O4. The summed E-state index contributed by atoms with van der Waals surface area (Å²) in [5, 5.41) is 13.6. The number of aromatic carboxylic acids is 1. The molecule has 0 amide bonds. The summed E-state index contributed by atoms with van der Waals surface area (Å²) in [5.41, 5.74) is 0.631. The van der Waals surface area contributed by atoms with Gasteiger partial charge in [-0.15, -0.1) is 0 Å². The number of halogens is 4. The van der Waals surface area contributed by atoms with E-state index in [2.05, 4.69) is 32.7 Å². The van der Waals surface area contributed by atoms with Crippen LogP contribution in [0.2, 0.25) is 0 Å². The maximum absolute atomic E-state index is 13.4. The van der Waals surface area contributed by atoms with E-state index in [1.165, 1.54) is 30.5 Å². The molecule has 41 heavy (non-hydrogen) atoms. The normalized spacial score (nSPS) is 11.7. The largest absolute Gasteiger partial charge is 0.488 e. The minimum Gasteiger partial charge on any atom is -0.488 e. The molecule has 5 rings (SSSR count). The average molecular weight is 669 g/mol. The molecule has 1 N–H and O–H groups in total. The van der Waals surface area contributed by atoms with E-state index in [0.717, 1.165) is 25.9 Å². The van der Waals surface area contributed by atoms with Gasteiger partial charge in [0, 0.05) is 5.56 Å². The molecule has 0 saturated carbocycles. The van der Waals surface area contributed by atoms with Crippen molar-refractivity contribution in [3.63, 3.8) is 0 Å². The smallest absolute Gasteiger partial charge is 0.416 e. The highest BCUT2D eigenvalue weighted by atomic mass is 127. The van der Waals surface area contributed by atoms with Crippen LogP contribution in [0, 0.1) is 3.57 Å². The Bertz CT molecular complexity index is 1850. The quantitative estimate of drug-likeness (QED) is 0.151. The number of hydrogen-bond donors (Lipinski definition) is 1. The molecule has 5 aromatic rings. The van der Waals surface area contributed by atoms with Crippen molar-refractivity contribution in [1.82, 2.24) is 9.66 Å². The number of hydrogen-bond acceptors (Lipinski definition) is 5. The molecule has 1 aromatic heterocycles. The average Bonchev–Trinajstić information content (AvgIpc) is 2.96. The van der Waals surface area contributed by atoms with Crippen molar-refractivity contribution in [2.45, 2.75) is 12.8 Å². The van der Waals surface area contributed by atoms with Gasteiger partial charge in [-0.05, 0) is 88.3 Å². The van der Waals surface area contributed by atoms with Gasteiger partial charge in [0.15, 0.2) is 5.82 Å². The number of ether oxygens (including phenoxy) is 1. The van der Waals surface area contributed by atoms with E-state index in [4.69, 9.17) is 9.84 Å². The number of carbonyl (C=O) groups is 1. The first kappa shape index (κ1) is 28.0. The van der Waals surface area contributed by atoms with Crippen LogP contribution < -0.4 is 10.3 Å². The highest BCUT2D eigenvalue weighted by molar-refractivity contribution is 14.1. The van der Waals surface area contributed by atoms with Gasteiger partial charge in [-0.3, -0.25) is 4.79 Å². The van der Waals surface area contributed by atoms with Crippen LogP contribution in [0.5, 0.6) is 5.75 Å². The van der Waals surface area contributed by atoms with Crippen molar-refractivity contribution in [3.05, 3.63) is 127 Å². The molecule has 0 unspecified atom stereocenters. The summed E-state index contributed by atoms with van der Waals surface area (Å²) in [7, 11) is 0. The molecule has 206 valence electrons. The highest BCUT2D eigenvalue weighted by Crippen LogP contribution is 2.32. The Labute approximate surface area is 244 Å². The Morgan fingerprint density at radius 3 is 2.46 bits per heavy atom. The summed E-state index contributed by atoms with van der Waals surface area (Å²) in [5.74, 6) is -0.452. The zero-order valence-corrected chi connectivity index (χ0v) is 23.1. The van der Waals surface area contributed by atoms with Crippen LogP contribution in [0.4, 0.5) is 13.2 Å². The highest BCUT2D eigenvalue weighted by Gasteiger charge is 2.31. The Balaban J connectivity index is 1.45. The number of benzene rings is 4. The van der Waals surface area contributed by atoms with E-state index in [9.17, 15) is 22.8 Å². The van der Waals surface area contributed by atoms with Crippen molar-refractivity contribution in [2.24, 2.45) is 5.10 Å². The topological polar surface area (TPSA) is 93.8 Å². The van der Waals surface area contributed by atoms with Crippen molar-refractivity contribution in [3.8, 4) is 17.1 Å². The molecule has 0 saturated heterocycles. The molecule has 0 atom stereocenters. The van der Waals surface area contributed by atoms with Crippen LogP contribution in [-0.2, 0) is 12.8 Å². The third-order valence-corrected chi connectivity index (χ3v) is 6.92. The summed E-state index contributed by atoms with van der Waals surface area (Å²) in [6.07, 6.45) is -3.14. The number of carboxylic acids is 1. The number of fused-ring (bicyclic) bond motifs is 1. The third kappa shape index (κ3) is 6.30. The first-order valence-corrected chi connectivity index (χ1v) is 13.2. The third-order valence-electron chi connectivity index (χ3n) is 6.08. The Morgan fingerprint density at radius 2 is 1.76 bits per heavy atom. The van der Waals surface area contributed by atoms with Crippen molar-refractivity contribution < 1.29 is 27.8 Å². The summed E-state index contributed by atoms with van der Waals surface area (Å²) in [6, 6.07) is 22.7. The van der Waals surface area contributed by atoms with E-state index in [0.29, 0.717) is 16.8 Å². The van der Waals surface area contributed by atoms with Gasteiger partial charge in [-0.2, -0.15) is 22.9 Å². The summed E-state index contributed by atoms with van der Waals surface area (Å²) < 4.78 is 47.8. The van der Waals surface area contributed by atoms with Crippen LogP contribution in [0.15, 0.2) is 101 Å². The number of para-hydroxylation sites is 1. The fourth-order valence-electron chi connectivity index (χ4n) is 4.00. The zero-order valence-electron chi connectivity index (χ0n) is 21.0. The predicted octanol–water partition coefficient (Wildman–Crippen LogP) is 6.85. The first-order valence-electron chi connectivity index (χ1n) is 12.1. The molecule has 0 aliphatic rings. The summed E-state index contributed by atoms with van der Waals surface area (Å²) in [6.45, 7) is 0.224. The van der Waals surface area contributed by atoms with Crippen LogP contribution >= 0.6 is 22.6 Å². The lowest BCUT2D eigenvalue weighted by Crippen LogP contribution is -2.20. The predicted molar refractivity (Wildman–Crippen MR) is 156 cm³/mol.